The molecule has 0 aliphatic heterocycles. The average molecular weight is 468 g/mol. The molecule has 0 heterocycles. The summed E-state index contributed by atoms with van der Waals surface area (Å²) < 4.78 is 38.5. The molecule has 106 valence electrons. The van der Waals surface area contributed by atoms with Crippen molar-refractivity contribution in [3.8, 4) is 0 Å². The largest absolute Gasteiger partial charge is 0.406 e. The van der Waals surface area contributed by atoms with Crippen molar-refractivity contribution in [1.29, 1.82) is 0 Å². The maximum atomic E-state index is 12.4. The summed E-state index contributed by atoms with van der Waals surface area (Å²) in [7, 11) is 0. The summed E-state index contributed by atoms with van der Waals surface area (Å²) in [5, 5.41) is 0.281. The fraction of sp³-hybridized carbons (Fsp3) is 0.364. The number of hydrogen-bond acceptors (Lipinski definition) is 1. The van der Waals surface area contributed by atoms with Crippen molar-refractivity contribution in [3.05, 3.63) is 32.7 Å². The van der Waals surface area contributed by atoms with Gasteiger partial charge in [-0.05, 0) is 34.1 Å². The quantitative estimate of drug-likeness (QED) is 0.592. The number of carbonyl (C=O) groups is 1. The number of benzene rings is 1. The van der Waals surface area contributed by atoms with Gasteiger partial charge in [0.25, 0.3) is 5.91 Å². The van der Waals surface area contributed by atoms with Gasteiger partial charge < -0.3 is 4.90 Å². The Labute approximate surface area is 133 Å². The predicted octanol–water partition coefficient (Wildman–Crippen LogP) is 4.61. The van der Waals surface area contributed by atoms with Crippen LogP contribution in [0.4, 0.5) is 13.2 Å². The molecule has 0 unspecified atom stereocenters. The molecular formula is C11H9Br3F3NO. The lowest BCUT2D eigenvalue weighted by atomic mass is 10.2. The number of halogens is 6. The van der Waals surface area contributed by atoms with Gasteiger partial charge in [0.2, 0.25) is 0 Å². The van der Waals surface area contributed by atoms with Crippen molar-refractivity contribution in [3.63, 3.8) is 0 Å². The minimum atomic E-state index is -4.42. The van der Waals surface area contributed by atoms with Gasteiger partial charge in [-0.2, -0.15) is 13.2 Å². The molecule has 0 N–H and O–H groups in total. The molecule has 0 atom stereocenters. The predicted molar refractivity (Wildman–Crippen MR) is 77.6 cm³/mol. The zero-order valence-electron chi connectivity index (χ0n) is 9.48. The van der Waals surface area contributed by atoms with Gasteiger partial charge in [0.05, 0.1) is 5.56 Å². The molecule has 0 aliphatic rings. The summed E-state index contributed by atoms with van der Waals surface area (Å²) in [6.45, 7) is -1.28. The lowest BCUT2D eigenvalue weighted by molar-refractivity contribution is -0.140. The Morgan fingerprint density at radius 2 is 1.89 bits per heavy atom. The van der Waals surface area contributed by atoms with E-state index in [-0.39, 0.29) is 17.4 Å². The maximum Gasteiger partial charge on any atom is 0.406 e. The van der Waals surface area contributed by atoms with E-state index in [9.17, 15) is 18.0 Å². The highest BCUT2D eigenvalue weighted by Gasteiger charge is 2.33. The van der Waals surface area contributed by atoms with Crippen molar-refractivity contribution < 1.29 is 18.0 Å². The minimum Gasteiger partial charge on any atom is -0.329 e. The molecule has 0 bridgehead atoms. The Bertz CT molecular complexity index is 465. The molecule has 8 heteroatoms. The van der Waals surface area contributed by atoms with Crippen molar-refractivity contribution >= 4 is 53.7 Å². The zero-order chi connectivity index (χ0) is 14.6. The molecule has 2 nitrogen and oxygen atoms in total. The fourth-order valence-electron chi connectivity index (χ4n) is 1.40. The van der Waals surface area contributed by atoms with Gasteiger partial charge >= 0.3 is 6.18 Å². The van der Waals surface area contributed by atoms with E-state index in [1.807, 2.05) is 0 Å². The van der Waals surface area contributed by atoms with Gasteiger partial charge in [0, 0.05) is 20.8 Å². The SMILES string of the molecule is O=C(c1ccc(Br)cc1Br)N(CCBr)CC(F)(F)F. The van der Waals surface area contributed by atoms with Crippen LogP contribution < -0.4 is 0 Å². The van der Waals surface area contributed by atoms with Crippen LogP contribution in [0.1, 0.15) is 10.4 Å². The highest BCUT2D eigenvalue weighted by atomic mass is 79.9. The first-order valence-corrected chi connectivity index (χ1v) is 7.82. The highest BCUT2D eigenvalue weighted by Crippen LogP contribution is 2.25. The molecule has 1 aromatic carbocycles. The van der Waals surface area contributed by atoms with E-state index in [2.05, 4.69) is 47.8 Å². The van der Waals surface area contributed by atoms with Gasteiger partial charge in [-0.3, -0.25) is 4.79 Å². The smallest absolute Gasteiger partial charge is 0.329 e. The first-order chi connectivity index (χ1) is 8.74. The van der Waals surface area contributed by atoms with E-state index in [0.717, 1.165) is 9.37 Å². The molecule has 1 rings (SSSR count). The third-order valence-corrected chi connectivity index (χ3v) is 3.68. The molecule has 0 radical (unpaired) electrons. The van der Waals surface area contributed by atoms with Crippen LogP contribution in [-0.4, -0.2) is 35.4 Å². The molecule has 0 aromatic heterocycles. The van der Waals surface area contributed by atoms with E-state index in [0.29, 0.717) is 4.47 Å². The van der Waals surface area contributed by atoms with Crippen LogP contribution in [0.2, 0.25) is 0 Å². The van der Waals surface area contributed by atoms with E-state index in [4.69, 9.17) is 0 Å². The Hall–Kier alpha value is -0.0800. The maximum absolute atomic E-state index is 12.4. The number of nitrogens with zero attached hydrogens (tertiary/aromatic N) is 1. The molecule has 0 saturated carbocycles. The molecule has 19 heavy (non-hydrogen) atoms. The monoisotopic (exact) mass is 465 g/mol. The number of hydrogen-bond donors (Lipinski definition) is 0. The van der Waals surface area contributed by atoms with Gasteiger partial charge in [-0.25, -0.2) is 0 Å². The average Bonchev–Trinajstić information content (AvgIpc) is 2.26. The van der Waals surface area contributed by atoms with Crippen LogP contribution >= 0.6 is 47.8 Å². The second-order valence-electron chi connectivity index (χ2n) is 3.66. The van der Waals surface area contributed by atoms with E-state index < -0.39 is 18.6 Å². The summed E-state index contributed by atoms with van der Waals surface area (Å²) in [5.74, 6) is -0.656. The van der Waals surface area contributed by atoms with Crippen LogP contribution in [0.25, 0.3) is 0 Å². The summed E-state index contributed by atoms with van der Waals surface area (Å²) in [6, 6.07) is 4.71. The fourth-order valence-corrected chi connectivity index (χ4v) is 3.05. The lowest BCUT2D eigenvalue weighted by Gasteiger charge is -2.23. The van der Waals surface area contributed by atoms with Crippen LogP contribution in [0.5, 0.6) is 0 Å². The first-order valence-electron chi connectivity index (χ1n) is 5.11. The van der Waals surface area contributed by atoms with Crippen LogP contribution in [0.15, 0.2) is 27.1 Å². The number of alkyl halides is 4. The molecule has 1 aromatic rings. The Kier molecular flexibility index (Phi) is 6.32. The number of rotatable bonds is 4. The summed E-state index contributed by atoms with van der Waals surface area (Å²) in [6.07, 6.45) is -4.42. The third-order valence-electron chi connectivity index (χ3n) is 2.17. The van der Waals surface area contributed by atoms with Gasteiger partial charge in [-0.15, -0.1) is 0 Å². The molecule has 0 fully saturated rings. The van der Waals surface area contributed by atoms with Crippen LogP contribution in [0, 0.1) is 0 Å². The van der Waals surface area contributed by atoms with Gasteiger partial charge in [0.1, 0.15) is 6.54 Å². The zero-order valence-corrected chi connectivity index (χ0v) is 14.2. The van der Waals surface area contributed by atoms with Crippen LogP contribution in [-0.2, 0) is 0 Å². The molecule has 1 amide bonds. The standard InChI is InChI=1S/C11H9Br3F3NO/c12-3-4-18(6-11(15,16)17)10(19)8-2-1-7(13)5-9(8)14/h1-2,5H,3-4,6H2. The van der Waals surface area contributed by atoms with Crippen molar-refractivity contribution in [2.24, 2.45) is 0 Å². The second-order valence-corrected chi connectivity index (χ2v) is 6.22. The van der Waals surface area contributed by atoms with Gasteiger partial charge in [-0.1, -0.05) is 31.9 Å². The van der Waals surface area contributed by atoms with Crippen molar-refractivity contribution in [2.45, 2.75) is 6.18 Å². The Morgan fingerprint density at radius 1 is 1.26 bits per heavy atom. The lowest BCUT2D eigenvalue weighted by Crippen LogP contribution is -2.40. The summed E-state index contributed by atoms with van der Waals surface area (Å²) in [4.78, 5) is 12.9. The third kappa shape index (κ3) is 5.43. The summed E-state index contributed by atoms with van der Waals surface area (Å²) in [5.41, 5.74) is 0.202. The van der Waals surface area contributed by atoms with Crippen molar-refractivity contribution in [2.75, 3.05) is 18.4 Å². The minimum absolute atomic E-state index is 0.0130. The highest BCUT2D eigenvalue weighted by molar-refractivity contribution is 9.11. The van der Waals surface area contributed by atoms with Crippen LogP contribution in [0.3, 0.4) is 0 Å². The van der Waals surface area contributed by atoms with Crippen molar-refractivity contribution in [1.82, 2.24) is 4.90 Å². The Balaban J connectivity index is 2.99. The Morgan fingerprint density at radius 3 is 2.37 bits per heavy atom. The first kappa shape index (κ1) is 17.0. The van der Waals surface area contributed by atoms with Gasteiger partial charge in [0.15, 0.2) is 0 Å². The molecule has 0 saturated heterocycles. The number of amides is 1. The topological polar surface area (TPSA) is 20.3 Å². The van der Waals surface area contributed by atoms with E-state index in [1.54, 1.807) is 12.1 Å². The normalized spacial score (nSPS) is 11.5. The second kappa shape index (κ2) is 7.08. The van der Waals surface area contributed by atoms with E-state index >= 15 is 0 Å². The molecule has 0 spiro atoms. The van der Waals surface area contributed by atoms with E-state index in [1.165, 1.54) is 6.07 Å². The number of carbonyl (C=O) groups excluding carboxylic acids is 1. The molecule has 0 aliphatic carbocycles. The summed E-state index contributed by atoms with van der Waals surface area (Å²) >= 11 is 9.44. The molecular weight excluding hydrogens is 459 g/mol.